The highest BCUT2D eigenvalue weighted by Crippen LogP contribution is 2.24. The molecule has 0 saturated heterocycles. The summed E-state index contributed by atoms with van der Waals surface area (Å²) in [7, 11) is 0.897. The van der Waals surface area contributed by atoms with Crippen molar-refractivity contribution < 1.29 is 21.6 Å². The van der Waals surface area contributed by atoms with Crippen LogP contribution in [0.2, 0.25) is 0 Å². The van der Waals surface area contributed by atoms with Crippen molar-refractivity contribution >= 4 is 19.7 Å². The Morgan fingerprint density at radius 1 is 1.38 bits per heavy atom. The van der Waals surface area contributed by atoms with Gasteiger partial charge < -0.3 is 0 Å². The average molecular weight is 273 g/mol. The fourth-order valence-electron chi connectivity index (χ4n) is 1.19. The lowest BCUT2D eigenvalue weighted by Gasteiger charge is -2.07. The lowest BCUT2D eigenvalue weighted by Crippen LogP contribution is -2.03. The number of rotatable bonds is 3. The van der Waals surface area contributed by atoms with Gasteiger partial charge in [0.05, 0.1) is 5.75 Å². The lowest BCUT2D eigenvalue weighted by atomic mass is 10.1. The molecule has 0 amide bonds. The van der Waals surface area contributed by atoms with Gasteiger partial charge in [0.25, 0.3) is 0 Å². The van der Waals surface area contributed by atoms with Gasteiger partial charge in [-0.2, -0.15) is 0 Å². The third-order valence-corrected chi connectivity index (χ3v) is 2.90. The largest absolute Gasteiger partial charge is 0.243 e. The fraction of sp³-hybridized carbons (Fsp3) is 0.333. The van der Waals surface area contributed by atoms with Gasteiger partial charge in [0.1, 0.15) is 6.17 Å². The standard InChI is InChI=1S/C9H8ClF3O2S/c1-5(11)6-2-7(4-16(10,14)15)9(13)8(12)3-6/h2-3,5H,4H2,1H3. The molecule has 0 fully saturated rings. The van der Waals surface area contributed by atoms with Gasteiger partial charge in [-0.1, -0.05) is 0 Å². The summed E-state index contributed by atoms with van der Waals surface area (Å²) < 4.78 is 60.5. The zero-order valence-corrected chi connectivity index (χ0v) is 9.75. The van der Waals surface area contributed by atoms with Crippen molar-refractivity contribution in [3.8, 4) is 0 Å². The molecule has 2 nitrogen and oxygen atoms in total. The summed E-state index contributed by atoms with van der Waals surface area (Å²) in [4.78, 5) is 0. The summed E-state index contributed by atoms with van der Waals surface area (Å²) in [5.41, 5.74) is -0.608. The molecule has 0 saturated carbocycles. The van der Waals surface area contributed by atoms with Gasteiger partial charge in [-0.15, -0.1) is 0 Å². The van der Waals surface area contributed by atoms with Crippen molar-refractivity contribution in [3.05, 3.63) is 34.9 Å². The summed E-state index contributed by atoms with van der Waals surface area (Å²) >= 11 is 0. The summed E-state index contributed by atoms with van der Waals surface area (Å²) in [5.74, 6) is -3.50. The van der Waals surface area contributed by atoms with Crippen LogP contribution >= 0.6 is 10.7 Å². The molecule has 1 rings (SSSR count). The Bertz CT molecular complexity index is 500. The van der Waals surface area contributed by atoms with Crippen LogP contribution in [0.5, 0.6) is 0 Å². The molecule has 0 N–H and O–H groups in total. The van der Waals surface area contributed by atoms with Crippen molar-refractivity contribution in [2.75, 3.05) is 0 Å². The van der Waals surface area contributed by atoms with E-state index in [0.717, 1.165) is 13.0 Å². The first-order valence-corrected chi connectivity index (χ1v) is 6.73. The van der Waals surface area contributed by atoms with E-state index in [1.165, 1.54) is 0 Å². The van der Waals surface area contributed by atoms with Crippen LogP contribution in [0.15, 0.2) is 12.1 Å². The molecule has 0 spiro atoms. The van der Waals surface area contributed by atoms with Crippen molar-refractivity contribution in [2.24, 2.45) is 0 Å². The second-order valence-electron chi connectivity index (χ2n) is 3.28. The highest BCUT2D eigenvalue weighted by Gasteiger charge is 2.18. The van der Waals surface area contributed by atoms with Crippen molar-refractivity contribution in [3.63, 3.8) is 0 Å². The molecule has 1 atom stereocenters. The maximum absolute atomic E-state index is 13.2. The van der Waals surface area contributed by atoms with Crippen LogP contribution in [-0.2, 0) is 14.8 Å². The van der Waals surface area contributed by atoms with Gasteiger partial charge in [-0.05, 0) is 24.6 Å². The van der Waals surface area contributed by atoms with Crippen LogP contribution in [0.1, 0.15) is 24.2 Å². The monoisotopic (exact) mass is 272 g/mol. The first-order valence-electron chi connectivity index (χ1n) is 4.25. The molecule has 0 aromatic heterocycles. The number of halogens is 4. The van der Waals surface area contributed by atoms with E-state index in [0.29, 0.717) is 6.07 Å². The number of hydrogen-bond acceptors (Lipinski definition) is 2. The van der Waals surface area contributed by atoms with Crippen LogP contribution in [0, 0.1) is 11.6 Å². The summed E-state index contributed by atoms with van der Waals surface area (Å²) in [6, 6.07) is 1.63. The highest BCUT2D eigenvalue weighted by molar-refractivity contribution is 8.13. The maximum atomic E-state index is 13.2. The Morgan fingerprint density at radius 2 is 1.94 bits per heavy atom. The molecule has 0 aliphatic heterocycles. The van der Waals surface area contributed by atoms with Gasteiger partial charge in [-0.3, -0.25) is 0 Å². The van der Waals surface area contributed by atoms with Crippen molar-refractivity contribution in [1.82, 2.24) is 0 Å². The molecular formula is C9H8ClF3O2S. The van der Waals surface area contributed by atoms with Crippen LogP contribution in [0.25, 0.3) is 0 Å². The predicted molar refractivity (Wildman–Crippen MR) is 54.4 cm³/mol. The van der Waals surface area contributed by atoms with Crippen LogP contribution in [-0.4, -0.2) is 8.42 Å². The third-order valence-electron chi connectivity index (χ3n) is 1.91. The summed E-state index contributed by atoms with van der Waals surface area (Å²) in [6.07, 6.45) is -1.52. The minimum absolute atomic E-state index is 0.130. The average Bonchev–Trinajstić information content (AvgIpc) is 2.10. The minimum atomic E-state index is -4.02. The molecule has 0 bridgehead atoms. The lowest BCUT2D eigenvalue weighted by molar-refractivity contribution is 0.370. The molecule has 1 aromatic rings. The predicted octanol–water partition coefficient (Wildman–Crippen LogP) is 3.06. The summed E-state index contributed by atoms with van der Waals surface area (Å²) in [5, 5.41) is 0. The zero-order chi connectivity index (χ0) is 12.5. The second kappa shape index (κ2) is 4.63. The van der Waals surface area contributed by atoms with Crippen LogP contribution in [0.4, 0.5) is 13.2 Å². The highest BCUT2D eigenvalue weighted by atomic mass is 35.7. The second-order valence-corrected chi connectivity index (χ2v) is 6.05. The normalized spacial score (nSPS) is 13.8. The van der Waals surface area contributed by atoms with Crippen LogP contribution in [0.3, 0.4) is 0 Å². The molecule has 90 valence electrons. The zero-order valence-electron chi connectivity index (χ0n) is 8.18. The van der Waals surface area contributed by atoms with Gasteiger partial charge in [-0.25, -0.2) is 21.6 Å². The first-order chi connectivity index (χ1) is 7.20. The quantitative estimate of drug-likeness (QED) is 0.793. The van der Waals surface area contributed by atoms with E-state index < -0.39 is 38.2 Å². The number of alkyl halides is 1. The molecule has 7 heteroatoms. The number of hydrogen-bond donors (Lipinski definition) is 0. The van der Waals surface area contributed by atoms with Crippen molar-refractivity contribution in [1.29, 1.82) is 0 Å². The van der Waals surface area contributed by atoms with Crippen LogP contribution < -0.4 is 0 Å². The number of benzene rings is 1. The summed E-state index contributed by atoms with van der Waals surface area (Å²) in [6.45, 7) is 1.13. The van der Waals surface area contributed by atoms with Gasteiger partial charge in [0.15, 0.2) is 11.6 Å². The third kappa shape index (κ3) is 3.38. The minimum Gasteiger partial charge on any atom is -0.243 e. The van der Waals surface area contributed by atoms with Gasteiger partial charge in [0, 0.05) is 16.2 Å². The Kier molecular flexibility index (Phi) is 3.85. The van der Waals surface area contributed by atoms with E-state index in [1.807, 2.05) is 0 Å². The van der Waals surface area contributed by atoms with Gasteiger partial charge in [0.2, 0.25) is 9.05 Å². The first kappa shape index (κ1) is 13.3. The molecular weight excluding hydrogens is 265 g/mol. The van der Waals surface area contributed by atoms with E-state index >= 15 is 0 Å². The van der Waals surface area contributed by atoms with Gasteiger partial charge >= 0.3 is 0 Å². The smallest absolute Gasteiger partial charge is 0.236 e. The topological polar surface area (TPSA) is 34.1 Å². The Balaban J connectivity index is 3.27. The molecule has 1 unspecified atom stereocenters. The molecule has 0 radical (unpaired) electrons. The molecule has 1 aromatic carbocycles. The molecule has 0 aliphatic carbocycles. The van der Waals surface area contributed by atoms with Crippen molar-refractivity contribution in [2.45, 2.75) is 18.8 Å². The van der Waals surface area contributed by atoms with E-state index in [1.54, 1.807) is 0 Å². The van der Waals surface area contributed by atoms with E-state index in [4.69, 9.17) is 10.7 Å². The fourth-order valence-corrected chi connectivity index (χ4v) is 2.12. The molecule has 0 heterocycles. The Labute approximate surface area is 95.5 Å². The molecule has 0 aliphatic rings. The maximum Gasteiger partial charge on any atom is 0.236 e. The SMILES string of the molecule is CC(F)c1cc(F)c(F)c(CS(=O)(=O)Cl)c1. The Morgan fingerprint density at radius 3 is 2.38 bits per heavy atom. The van der Waals surface area contributed by atoms with E-state index in [-0.39, 0.29) is 5.56 Å². The Hall–Kier alpha value is -0.750. The van der Waals surface area contributed by atoms with E-state index in [2.05, 4.69) is 0 Å². The molecule has 16 heavy (non-hydrogen) atoms. The van der Waals surface area contributed by atoms with E-state index in [9.17, 15) is 21.6 Å².